The van der Waals surface area contributed by atoms with Gasteiger partial charge in [-0.15, -0.1) is 6.58 Å². The van der Waals surface area contributed by atoms with E-state index in [2.05, 4.69) is 16.8 Å². The molecule has 1 saturated heterocycles. The van der Waals surface area contributed by atoms with Crippen LogP contribution in [0.25, 0.3) is 0 Å². The van der Waals surface area contributed by atoms with Gasteiger partial charge in [-0.2, -0.15) is 0 Å². The van der Waals surface area contributed by atoms with Crippen LogP contribution in [-0.2, 0) is 31.1 Å². The van der Waals surface area contributed by atoms with Gasteiger partial charge in [0, 0.05) is 38.4 Å². The number of hydrogen-bond acceptors (Lipinski definition) is 7. The van der Waals surface area contributed by atoms with Crippen molar-refractivity contribution in [3.63, 3.8) is 0 Å². The maximum atomic E-state index is 12.8. The Hall–Kier alpha value is -3.65. The maximum Gasteiger partial charge on any atom is 0.407 e. The Balaban J connectivity index is 1.64. The number of hydrogen-bond donors (Lipinski definition) is 1. The first kappa shape index (κ1) is 27.4. The van der Waals surface area contributed by atoms with Gasteiger partial charge >= 0.3 is 18.0 Å². The predicted octanol–water partition coefficient (Wildman–Crippen LogP) is 4.52. The fraction of sp³-hybridized carbons (Fsp3) is 0.433. The van der Waals surface area contributed by atoms with Gasteiger partial charge in [-0.05, 0) is 55.5 Å². The van der Waals surface area contributed by atoms with Gasteiger partial charge < -0.3 is 19.5 Å². The number of benzene rings is 2. The number of amides is 1. The highest BCUT2D eigenvalue weighted by Crippen LogP contribution is 2.54. The van der Waals surface area contributed by atoms with Gasteiger partial charge in [-0.1, -0.05) is 48.5 Å². The minimum Gasteiger partial charge on any atom is -0.457 e. The molecular weight excluding hydrogens is 484 g/mol. The van der Waals surface area contributed by atoms with E-state index in [0.29, 0.717) is 44.5 Å². The van der Waals surface area contributed by atoms with Crippen molar-refractivity contribution in [2.24, 2.45) is 0 Å². The van der Waals surface area contributed by atoms with Gasteiger partial charge in [-0.3, -0.25) is 14.5 Å². The Bertz CT molecular complexity index is 1170. The number of nitrogens with zero attached hydrogens (tertiary/aromatic N) is 1. The van der Waals surface area contributed by atoms with Crippen LogP contribution in [0.15, 0.2) is 67.3 Å². The maximum absolute atomic E-state index is 12.8. The number of likely N-dealkylation sites (tertiary alicyclic amines) is 1. The fourth-order valence-corrected chi connectivity index (χ4v) is 6.10. The third-order valence-electron chi connectivity index (χ3n) is 7.61. The highest BCUT2D eigenvalue weighted by Gasteiger charge is 2.60. The molecule has 8 nitrogen and oxygen atoms in total. The molecule has 1 amide bonds. The summed E-state index contributed by atoms with van der Waals surface area (Å²) in [6.07, 6.45) is 3.79. The van der Waals surface area contributed by atoms with Crippen molar-refractivity contribution in [2.75, 3.05) is 19.6 Å². The second-order valence-corrected chi connectivity index (χ2v) is 10.2. The molecule has 38 heavy (non-hydrogen) atoms. The number of rotatable bonds is 8. The summed E-state index contributed by atoms with van der Waals surface area (Å²) < 4.78 is 17.1. The zero-order valence-corrected chi connectivity index (χ0v) is 22.1. The molecule has 1 saturated carbocycles. The SMILES string of the molecule is C=CCN1CC[C@@]2(c3cccc(OC(C)=O)c3)C[C@@H](NC(=O)OCc3ccccc3)CC[C@]2(OC(C)=O)C1. The minimum atomic E-state index is -0.818. The van der Waals surface area contributed by atoms with Crippen molar-refractivity contribution >= 4 is 18.0 Å². The van der Waals surface area contributed by atoms with E-state index in [4.69, 9.17) is 14.2 Å². The molecule has 4 rings (SSSR count). The number of ether oxygens (including phenoxy) is 3. The van der Waals surface area contributed by atoms with Crippen LogP contribution in [0.4, 0.5) is 4.79 Å². The minimum absolute atomic E-state index is 0.183. The van der Waals surface area contributed by atoms with E-state index in [1.165, 1.54) is 13.8 Å². The molecule has 3 atom stereocenters. The summed E-state index contributed by atoms with van der Waals surface area (Å²) in [5.74, 6) is -0.317. The zero-order valence-electron chi connectivity index (χ0n) is 22.1. The highest BCUT2D eigenvalue weighted by atomic mass is 16.6. The first-order valence-corrected chi connectivity index (χ1v) is 13.0. The summed E-state index contributed by atoms with van der Waals surface area (Å²) in [6.45, 7) is 8.85. The largest absolute Gasteiger partial charge is 0.457 e. The fourth-order valence-electron chi connectivity index (χ4n) is 6.10. The van der Waals surface area contributed by atoms with Gasteiger partial charge in [0.15, 0.2) is 0 Å². The number of carbonyl (C=O) groups excluding carboxylic acids is 3. The molecule has 0 spiro atoms. The van der Waals surface area contributed by atoms with E-state index in [-0.39, 0.29) is 18.6 Å². The van der Waals surface area contributed by atoms with Crippen LogP contribution in [0, 0.1) is 0 Å². The lowest BCUT2D eigenvalue weighted by molar-refractivity contribution is -0.186. The molecule has 202 valence electrons. The van der Waals surface area contributed by atoms with E-state index in [1.54, 1.807) is 6.07 Å². The standard InChI is InChI=1S/C30H36N2O6/c1-4-16-32-17-15-29(25-11-8-12-27(18-25)37-22(2)33)19-26(13-14-30(29,21-32)38-23(3)34)31-28(35)36-20-24-9-6-5-7-10-24/h4-12,18,26H,1,13-17,19-21H2,2-3H3,(H,31,35)/t26-,29-,30-/m0/s1. The molecule has 2 aliphatic rings. The lowest BCUT2D eigenvalue weighted by atomic mass is 9.55. The summed E-state index contributed by atoms with van der Waals surface area (Å²) in [7, 11) is 0. The molecule has 2 aromatic rings. The monoisotopic (exact) mass is 520 g/mol. The molecule has 0 unspecified atom stereocenters. The van der Waals surface area contributed by atoms with Crippen LogP contribution in [0.1, 0.15) is 50.7 Å². The molecule has 1 aliphatic carbocycles. The number of esters is 2. The van der Waals surface area contributed by atoms with Crippen molar-refractivity contribution in [1.29, 1.82) is 0 Å². The lowest BCUT2D eigenvalue weighted by Gasteiger charge is -2.59. The van der Waals surface area contributed by atoms with E-state index < -0.39 is 23.1 Å². The summed E-state index contributed by atoms with van der Waals surface area (Å²) in [4.78, 5) is 39.1. The molecule has 1 heterocycles. The summed E-state index contributed by atoms with van der Waals surface area (Å²) in [5, 5.41) is 3.05. The molecule has 0 bridgehead atoms. The van der Waals surface area contributed by atoms with Gasteiger partial charge in [0.2, 0.25) is 0 Å². The zero-order chi connectivity index (χ0) is 27.2. The van der Waals surface area contributed by atoms with Gasteiger partial charge in [0.25, 0.3) is 0 Å². The second kappa shape index (κ2) is 11.8. The predicted molar refractivity (Wildman–Crippen MR) is 143 cm³/mol. The third kappa shape index (κ3) is 6.07. The smallest absolute Gasteiger partial charge is 0.407 e. The van der Waals surface area contributed by atoms with E-state index in [0.717, 1.165) is 17.7 Å². The Labute approximate surface area is 223 Å². The third-order valence-corrected chi connectivity index (χ3v) is 7.61. The number of piperidine rings is 1. The van der Waals surface area contributed by atoms with Gasteiger partial charge in [0.05, 0.1) is 0 Å². The normalized spacial score (nSPS) is 24.9. The molecule has 0 radical (unpaired) electrons. The van der Waals surface area contributed by atoms with Crippen LogP contribution < -0.4 is 10.1 Å². The number of carbonyl (C=O) groups is 3. The van der Waals surface area contributed by atoms with Crippen molar-refractivity contribution in [1.82, 2.24) is 10.2 Å². The van der Waals surface area contributed by atoms with E-state index in [1.807, 2.05) is 54.6 Å². The quantitative estimate of drug-likeness (QED) is 0.311. The van der Waals surface area contributed by atoms with Crippen LogP contribution in [0.2, 0.25) is 0 Å². The molecule has 1 N–H and O–H groups in total. The van der Waals surface area contributed by atoms with Crippen molar-refractivity contribution < 1.29 is 28.6 Å². The highest BCUT2D eigenvalue weighted by molar-refractivity contribution is 5.70. The molecule has 2 aromatic carbocycles. The van der Waals surface area contributed by atoms with E-state index in [9.17, 15) is 14.4 Å². The Morgan fingerprint density at radius 3 is 2.58 bits per heavy atom. The van der Waals surface area contributed by atoms with Gasteiger partial charge in [0.1, 0.15) is 18.0 Å². The van der Waals surface area contributed by atoms with Gasteiger partial charge in [-0.25, -0.2) is 4.79 Å². The summed E-state index contributed by atoms with van der Waals surface area (Å²) >= 11 is 0. The van der Waals surface area contributed by atoms with Crippen LogP contribution >= 0.6 is 0 Å². The topological polar surface area (TPSA) is 94.2 Å². The number of fused-ring (bicyclic) bond motifs is 1. The Morgan fingerprint density at radius 1 is 1.08 bits per heavy atom. The average molecular weight is 521 g/mol. The number of nitrogens with one attached hydrogen (secondary N) is 1. The number of alkyl carbamates (subject to hydrolysis) is 1. The lowest BCUT2D eigenvalue weighted by Crippen LogP contribution is -2.68. The molecule has 0 aromatic heterocycles. The average Bonchev–Trinajstić information content (AvgIpc) is 2.88. The molecule has 8 heteroatoms. The molecule has 2 fully saturated rings. The van der Waals surface area contributed by atoms with Crippen LogP contribution in [0.3, 0.4) is 0 Å². The Kier molecular flexibility index (Phi) is 8.52. The van der Waals surface area contributed by atoms with Crippen molar-refractivity contribution in [2.45, 2.75) is 63.2 Å². The van der Waals surface area contributed by atoms with Crippen molar-refractivity contribution in [3.05, 3.63) is 78.4 Å². The summed E-state index contributed by atoms with van der Waals surface area (Å²) in [5.41, 5.74) is 0.400. The van der Waals surface area contributed by atoms with Crippen LogP contribution in [-0.4, -0.2) is 54.2 Å². The van der Waals surface area contributed by atoms with Crippen molar-refractivity contribution in [3.8, 4) is 5.75 Å². The molecule has 1 aliphatic heterocycles. The first-order valence-electron chi connectivity index (χ1n) is 13.0. The summed E-state index contributed by atoms with van der Waals surface area (Å²) in [6, 6.07) is 16.8. The Morgan fingerprint density at radius 2 is 1.87 bits per heavy atom. The second-order valence-electron chi connectivity index (χ2n) is 10.2. The van der Waals surface area contributed by atoms with Crippen LogP contribution in [0.5, 0.6) is 5.75 Å². The first-order chi connectivity index (χ1) is 18.2. The molecular formula is C30H36N2O6. The van der Waals surface area contributed by atoms with E-state index >= 15 is 0 Å².